The first-order chi connectivity index (χ1) is 18.5. The summed E-state index contributed by atoms with van der Waals surface area (Å²) < 4.78 is 13.2. The molecule has 0 saturated carbocycles. The quantitative estimate of drug-likeness (QED) is 0.426. The average molecular weight is 513 g/mol. The topological polar surface area (TPSA) is 108 Å². The van der Waals surface area contributed by atoms with Crippen LogP contribution < -0.4 is 10.6 Å². The first-order valence-electron chi connectivity index (χ1n) is 12.1. The highest BCUT2D eigenvalue weighted by atomic mass is 19.1. The smallest absolute Gasteiger partial charge is 0.321 e. The zero-order valence-electron chi connectivity index (χ0n) is 20.4. The number of fused-ring (bicyclic) bond motifs is 1. The van der Waals surface area contributed by atoms with Crippen LogP contribution in [0.15, 0.2) is 85.1 Å². The molecule has 1 fully saturated rings. The molecule has 1 saturated heterocycles. The molecule has 1 unspecified atom stereocenters. The largest absolute Gasteiger partial charge is 0.350 e. The zero-order chi connectivity index (χ0) is 26.5. The van der Waals surface area contributed by atoms with Gasteiger partial charge in [0.2, 0.25) is 5.91 Å². The minimum Gasteiger partial charge on any atom is -0.350 e. The second-order valence-electron chi connectivity index (χ2n) is 8.84. The van der Waals surface area contributed by atoms with Gasteiger partial charge in [-0.3, -0.25) is 14.6 Å². The van der Waals surface area contributed by atoms with Gasteiger partial charge in [0.25, 0.3) is 5.91 Å². The second kappa shape index (κ2) is 11.0. The summed E-state index contributed by atoms with van der Waals surface area (Å²) in [5.74, 6) is -1.25. The number of piperazine rings is 1. The Morgan fingerprint density at radius 1 is 0.895 bits per heavy atom. The van der Waals surface area contributed by atoms with E-state index in [9.17, 15) is 18.8 Å². The summed E-state index contributed by atoms with van der Waals surface area (Å²) in [6.07, 6.45) is 1.40. The third-order valence-electron chi connectivity index (χ3n) is 6.30. The number of nitrogens with one attached hydrogen (secondary N) is 2. The van der Waals surface area contributed by atoms with Crippen molar-refractivity contribution in [1.29, 1.82) is 0 Å². The second-order valence-corrected chi connectivity index (χ2v) is 8.84. The van der Waals surface area contributed by atoms with Gasteiger partial charge in [0.05, 0.1) is 23.8 Å². The van der Waals surface area contributed by atoms with Crippen molar-refractivity contribution in [3.8, 4) is 0 Å². The van der Waals surface area contributed by atoms with Gasteiger partial charge in [-0.2, -0.15) is 0 Å². The number of carbonyl (C=O) groups excluding carboxylic acids is 3. The average Bonchev–Trinajstić information content (AvgIpc) is 2.96. The number of halogens is 1. The number of urea groups is 1. The van der Waals surface area contributed by atoms with E-state index in [0.717, 1.165) is 5.56 Å². The molecule has 1 aliphatic rings. The Morgan fingerprint density at radius 2 is 1.61 bits per heavy atom. The molecule has 0 spiro atoms. The molecular formula is C28H25FN6O3. The summed E-state index contributed by atoms with van der Waals surface area (Å²) in [7, 11) is 0. The Hall–Kier alpha value is -4.86. The molecule has 0 radical (unpaired) electrons. The molecule has 3 aromatic carbocycles. The Balaban J connectivity index is 1.35. The SMILES string of the molecule is O=C(NCc1ccccc1)C1CN(C(=O)Nc2ccc(F)cc2)CCN1C(=O)c1cnc2ccccc2n1. The molecule has 1 aliphatic heterocycles. The van der Waals surface area contributed by atoms with E-state index in [1.165, 1.54) is 40.3 Å². The van der Waals surface area contributed by atoms with E-state index in [1.54, 1.807) is 12.1 Å². The van der Waals surface area contributed by atoms with Crippen LogP contribution in [-0.4, -0.2) is 63.3 Å². The van der Waals surface area contributed by atoms with Gasteiger partial charge in [-0.15, -0.1) is 0 Å². The Labute approximate surface area is 218 Å². The van der Waals surface area contributed by atoms with Crippen LogP contribution in [0.25, 0.3) is 11.0 Å². The van der Waals surface area contributed by atoms with Crippen molar-refractivity contribution < 1.29 is 18.8 Å². The van der Waals surface area contributed by atoms with E-state index in [2.05, 4.69) is 20.6 Å². The van der Waals surface area contributed by atoms with Gasteiger partial charge in [-0.25, -0.2) is 14.2 Å². The lowest BCUT2D eigenvalue weighted by Crippen LogP contribution is -2.62. The van der Waals surface area contributed by atoms with Crippen LogP contribution in [0.5, 0.6) is 0 Å². The van der Waals surface area contributed by atoms with E-state index in [-0.39, 0.29) is 31.9 Å². The summed E-state index contributed by atoms with van der Waals surface area (Å²) in [4.78, 5) is 51.5. The number of amides is 4. The molecular weight excluding hydrogens is 487 g/mol. The van der Waals surface area contributed by atoms with E-state index in [4.69, 9.17) is 0 Å². The molecule has 1 atom stereocenters. The highest BCUT2D eigenvalue weighted by Gasteiger charge is 2.38. The molecule has 38 heavy (non-hydrogen) atoms. The van der Waals surface area contributed by atoms with Crippen LogP contribution in [-0.2, 0) is 11.3 Å². The Kier molecular flexibility index (Phi) is 7.21. The van der Waals surface area contributed by atoms with Crippen molar-refractivity contribution in [3.05, 3.63) is 102 Å². The summed E-state index contributed by atoms with van der Waals surface area (Å²) in [5.41, 5.74) is 2.67. The minimum atomic E-state index is -0.952. The van der Waals surface area contributed by atoms with Crippen molar-refractivity contribution in [2.75, 3.05) is 25.0 Å². The van der Waals surface area contributed by atoms with Gasteiger partial charge in [-0.05, 0) is 42.0 Å². The number of carbonyl (C=O) groups is 3. The van der Waals surface area contributed by atoms with Crippen LogP contribution in [0.1, 0.15) is 16.1 Å². The van der Waals surface area contributed by atoms with Crippen LogP contribution in [0.4, 0.5) is 14.9 Å². The molecule has 0 bridgehead atoms. The van der Waals surface area contributed by atoms with Crippen molar-refractivity contribution in [1.82, 2.24) is 25.1 Å². The van der Waals surface area contributed by atoms with Gasteiger partial charge in [0.1, 0.15) is 17.6 Å². The standard InChI is InChI=1S/C28H25FN6O3/c29-20-10-12-21(13-11-20)32-28(38)34-14-15-35(25(18-34)26(36)31-16-19-6-2-1-3-7-19)27(37)24-17-30-22-8-4-5-9-23(22)33-24/h1-13,17,25H,14-16,18H2,(H,31,36)(H,32,38). The predicted octanol–water partition coefficient (Wildman–Crippen LogP) is 3.44. The maximum atomic E-state index is 13.5. The van der Waals surface area contributed by atoms with Crippen molar-refractivity contribution in [3.63, 3.8) is 0 Å². The number of nitrogens with zero attached hydrogens (tertiary/aromatic N) is 4. The number of hydrogen-bond acceptors (Lipinski definition) is 5. The number of hydrogen-bond donors (Lipinski definition) is 2. The minimum absolute atomic E-state index is 0.0274. The lowest BCUT2D eigenvalue weighted by atomic mass is 10.1. The summed E-state index contributed by atoms with van der Waals surface area (Å²) in [6, 6.07) is 20.6. The first kappa shape index (κ1) is 24.8. The fourth-order valence-electron chi connectivity index (χ4n) is 4.28. The highest BCUT2D eigenvalue weighted by Crippen LogP contribution is 2.18. The van der Waals surface area contributed by atoms with Crippen LogP contribution >= 0.6 is 0 Å². The van der Waals surface area contributed by atoms with Crippen molar-refractivity contribution in [2.45, 2.75) is 12.6 Å². The number of aromatic nitrogens is 2. The third kappa shape index (κ3) is 5.59. The zero-order valence-corrected chi connectivity index (χ0v) is 20.4. The fraction of sp³-hybridized carbons (Fsp3) is 0.179. The molecule has 5 rings (SSSR count). The van der Waals surface area contributed by atoms with Crippen LogP contribution in [0.3, 0.4) is 0 Å². The lowest BCUT2D eigenvalue weighted by Gasteiger charge is -2.40. The van der Waals surface area contributed by atoms with Gasteiger partial charge >= 0.3 is 6.03 Å². The van der Waals surface area contributed by atoms with Gasteiger partial charge in [-0.1, -0.05) is 42.5 Å². The number of benzene rings is 3. The Bertz CT molecular complexity index is 1460. The number of anilines is 1. The molecule has 0 aliphatic carbocycles. The fourth-order valence-corrected chi connectivity index (χ4v) is 4.28. The number of para-hydroxylation sites is 2. The van der Waals surface area contributed by atoms with Crippen LogP contribution in [0.2, 0.25) is 0 Å². The molecule has 10 heteroatoms. The monoisotopic (exact) mass is 512 g/mol. The normalized spacial score (nSPS) is 15.2. The molecule has 2 N–H and O–H groups in total. The molecule has 2 heterocycles. The van der Waals surface area contributed by atoms with Crippen LogP contribution in [0, 0.1) is 5.82 Å². The molecule has 1 aromatic heterocycles. The molecule has 4 aromatic rings. The third-order valence-corrected chi connectivity index (χ3v) is 6.30. The lowest BCUT2D eigenvalue weighted by molar-refractivity contribution is -0.127. The molecule has 4 amide bonds. The maximum Gasteiger partial charge on any atom is 0.321 e. The van der Waals surface area contributed by atoms with Gasteiger partial charge in [0.15, 0.2) is 0 Å². The van der Waals surface area contributed by atoms with E-state index in [1.807, 2.05) is 42.5 Å². The first-order valence-corrected chi connectivity index (χ1v) is 12.1. The van der Waals surface area contributed by atoms with E-state index < -0.39 is 29.7 Å². The van der Waals surface area contributed by atoms with E-state index >= 15 is 0 Å². The van der Waals surface area contributed by atoms with Gasteiger partial charge < -0.3 is 20.4 Å². The predicted molar refractivity (Wildman–Crippen MR) is 140 cm³/mol. The molecule has 9 nitrogen and oxygen atoms in total. The van der Waals surface area contributed by atoms with E-state index in [0.29, 0.717) is 16.7 Å². The van der Waals surface area contributed by atoms with Gasteiger partial charge in [0, 0.05) is 25.3 Å². The Morgan fingerprint density at radius 3 is 2.37 bits per heavy atom. The van der Waals surface area contributed by atoms with Crippen molar-refractivity contribution >= 4 is 34.6 Å². The van der Waals surface area contributed by atoms with Crippen molar-refractivity contribution in [2.24, 2.45) is 0 Å². The maximum absolute atomic E-state index is 13.5. The molecule has 192 valence electrons. The summed E-state index contributed by atoms with van der Waals surface area (Å²) >= 11 is 0. The highest BCUT2D eigenvalue weighted by molar-refractivity contribution is 5.98. The number of rotatable bonds is 5. The summed E-state index contributed by atoms with van der Waals surface area (Å²) in [5, 5.41) is 5.60. The summed E-state index contributed by atoms with van der Waals surface area (Å²) in [6.45, 7) is 0.562.